The van der Waals surface area contributed by atoms with Gasteiger partial charge in [-0.15, -0.1) is 11.6 Å². The van der Waals surface area contributed by atoms with E-state index in [1.165, 1.54) is 0 Å². The SMILES string of the molecule is CC(C)CCl.[NaH]. The van der Waals surface area contributed by atoms with E-state index >= 15 is 0 Å². The molecule has 0 aromatic carbocycles. The van der Waals surface area contributed by atoms with E-state index in [-0.39, 0.29) is 29.6 Å². The molecule has 0 saturated carbocycles. The van der Waals surface area contributed by atoms with E-state index in [9.17, 15) is 0 Å². The van der Waals surface area contributed by atoms with E-state index in [0.717, 1.165) is 5.88 Å². The van der Waals surface area contributed by atoms with E-state index in [0.29, 0.717) is 5.92 Å². The van der Waals surface area contributed by atoms with E-state index in [1.807, 2.05) is 0 Å². The molecule has 2 heteroatoms. The zero-order valence-electron chi connectivity index (χ0n) is 3.66. The average molecular weight is 117 g/mol. The third-order valence-corrected chi connectivity index (χ3v) is 0.926. The predicted molar refractivity (Wildman–Crippen MR) is 32.7 cm³/mol. The Morgan fingerprint density at radius 2 is 1.67 bits per heavy atom. The van der Waals surface area contributed by atoms with E-state index in [1.54, 1.807) is 0 Å². The Morgan fingerprint density at radius 3 is 1.67 bits per heavy atom. The van der Waals surface area contributed by atoms with Crippen molar-refractivity contribution in [1.82, 2.24) is 0 Å². The Balaban J connectivity index is 0. The molecule has 0 heterocycles. The van der Waals surface area contributed by atoms with Crippen molar-refractivity contribution in [3.05, 3.63) is 0 Å². The van der Waals surface area contributed by atoms with Gasteiger partial charge in [-0.25, -0.2) is 0 Å². The summed E-state index contributed by atoms with van der Waals surface area (Å²) < 4.78 is 0. The molecular formula is C4H10ClNa. The molecule has 0 nitrogen and oxygen atoms in total. The predicted octanol–water partition coefficient (Wildman–Crippen LogP) is 1.23. The fourth-order valence-corrected chi connectivity index (χ4v) is 0. The number of halogens is 1. The van der Waals surface area contributed by atoms with Crippen molar-refractivity contribution in [1.29, 1.82) is 0 Å². The summed E-state index contributed by atoms with van der Waals surface area (Å²) in [5.74, 6) is 1.43. The van der Waals surface area contributed by atoms with Gasteiger partial charge < -0.3 is 0 Å². The van der Waals surface area contributed by atoms with Crippen molar-refractivity contribution < 1.29 is 0 Å². The van der Waals surface area contributed by atoms with Crippen LogP contribution in [-0.2, 0) is 0 Å². The first-order chi connectivity index (χ1) is 2.27. The first kappa shape index (κ1) is 10.3. The summed E-state index contributed by atoms with van der Waals surface area (Å²) >= 11 is 5.34. The maximum atomic E-state index is 5.34. The molecule has 0 rings (SSSR count). The van der Waals surface area contributed by atoms with Gasteiger partial charge in [0.25, 0.3) is 0 Å². The minimum absolute atomic E-state index is 0. The van der Waals surface area contributed by atoms with Crippen LogP contribution in [0.2, 0.25) is 0 Å². The molecular weight excluding hydrogens is 106 g/mol. The average Bonchev–Trinajstić information content (AvgIpc) is 1.38. The third-order valence-electron chi connectivity index (χ3n) is 0.309. The molecule has 0 saturated heterocycles. The summed E-state index contributed by atoms with van der Waals surface area (Å²) in [5, 5.41) is 0. The molecule has 6 heavy (non-hydrogen) atoms. The van der Waals surface area contributed by atoms with Gasteiger partial charge in [-0.3, -0.25) is 0 Å². The van der Waals surface area contributed by atoms with Crippen LogP contribution in [0.25, 0.3) is 0 Å². The molecule has 0 radical (unpaired) electrons. The summed E-state index contributed by atoms with van der Waals surface area (Å²) in [6.45, 7) is 4.18. The van der Waals surface area contributed by atoms with Crippen LogP contribution >= 0.6 is 11.6 Å². The second-order valence-electron chi connectivity index (χ2n) is 1.55. The van der Waals surface area contributed by atoms with Crippen molar-refractivity contribution in [3.8, 4) is 0 Å². The monoisotopic (exact) mass is 116 g/mol. The second-order valence-corrected chi connectivity index (χ2v) is 1.86. The second kappa shape index (κ2) is 6.29. The Bertz CT molecular complexity index is 21.5. The summed E-state index contributed by atoms with van der Waals surface area (Å²) in [5.41, 5.74) is 0. The van der Waals surface area contributed by atoms with Crippen LogP contribution in [0.15, 0.2) is 0 Å². The van der Waals surface area contributed by atoms with Gasteiger partial charge in [-0.1, -0.05) is 13.8 Å². The van der Waals surface area contributed by atoms with Crippen LogP contribution in [0.1, 0.15) is 13.8 Å². The van der Waals surface area contributed by atoms with Gasteiger partial charge in [-0.2, -0.15) is 0 Å². The standard InChI is InChI=1S/C4H9Cl.Na.H/c1-4(2)3-5;;/h4H,3H2,1-2H3;;. The van der Waals surface area contributed by atoms with Crippen LogP contribution in [0.5, 0.6) is 0 Å². The van der Waals surface area contributed by atoms with Gasteiger partial charge >= 0.3 is 29.6 Å². The van der Waals surface area contributed by atoms with Crippen LogP contribution in [-0.4, -0.2) is 35.4 Å². The molecule has 0 N–H and O–H groups in total. The van der Waals surface area contributed by atoms with Crippen molar-refractivity contribution in [2.45, 2.75) is 13.8 Å². The van der Waals surface area contributed by atoms with Crippen molar-refractivity contribution in [2.24, 2.45) is 5.92 Å². The van der Waals surface area contributed by atoms with Gasteiger partial charge in [0.2, 0.25) is 0 Å². The topological polar surface area (TPSA) is 0 Å². The first-order valence-corrected chi connectivity index (χ1v) is 2.36. The molecule has 34 valence electrons. The number of alkyl halides is 1. The Kier molecular flexibility index (Phi) is 10.8. The number of rotatable bonds is 1. The first-order valence-electron chi connectivity index (χ1n) is 1.83. The van der Waals surface area contributed by atoms with Crippen LogP contribution in [0.4, 0.5) is 0 Å². The molecule has 0 aliphatic rings. The minimum atomic E-state index is 0. The van der Waals surface area contributed by atoms with Gasteiger partial charge in [0.05, 0.1) is 0 Å². The molecule has 0 aliphatic heterocycles. The van der Waals surface area contributed by atoms with E-state index in [4.69, 9.17) is 11.6 Å². The summed E-state index contributed by atoms with van der Waals surface area (Å²) in [6, 6.07) is 0. The fourth-order valence-electron chi connectivity index (χ4n) is 0. The van der Waals surface area contributed by atoms with Gasteiger partial charge in [0.15, 0.2) is 0 Å². The normalized spacial score (nSPS) is 8.00. The quantitative estimate of drug-likeness (QED) is 0.357. The zero-order chi connectivity index (χ0) is 4.28. The van der Waals surface area contributed by atoms with E-state index < -0.39 is 0 Å². The van der Waals surface area contributed by atoms with Crippen molar-refractivity contribution >= 4 is 41.2 Å². The van der Waals surface area contributed by atoms with Crippen LogP contribution < -0.4 is 0 Å². The Labute approximate surface area is 66.6 Å². The Hall–Kier alpha value is 1.29. The Morgan fingerprint density at radius 1 is 1.50 bits per heavy atom. The summed E-state index contributed by atoms with van der Waals surface area (Å²) in [7, 11) is 0. The molecule has 0 amide bonds. The molecule has 0 atom stereocenters. The molecule has 0 bridgehead atoms. The number of hydrogen-bond donors (Lipinski definition) is 0. The molecule has 0 aliphatic carbocycles. The van der Waals surface area contributed by atoms with Crippen molar-refractivity contribution in [2.75, 3.05) is 5.88 Å². The summed E-state index contributed by atoms with van der Waals surface area (Å²) in [6.07, 6.45) is 0. The van der Waals surface area contributed by atoms with Crippen LogP contribution in [0, 0.1) is 5.92 Å². The van der Waals surface area contributed by atoms with E-state index in [2.05, 4.69) is 13.8 Å². The zero-order valence-corrected chi connectivity index (χ0v) is 4.42. The maximum absolute atomic E-state index is 5.34. The van der Waals surface area contributed by atoms with Gasteiger partial charge in [0, 0.05) is 5.88 Å². The van der Waals surface area contributed by atoms with Gasteiger partial charge in [0.1, 0.15) is 0 Å². The number of hydrogen-bond acceptors (Lipinski definition) is 0. The molecule has 0 aromatic rings. The van der Waals surface area contributed by atoms with Crippen LogP contribution in [0.3, 0.4) is 0 Å². The summed E-state index contributed by atoms with van der Waals surface area (Å²) in [4.78, 5) is 0. The van der Waals surface area contributed by atoms with Crippen molar-refractivity contribution in [3.63, 3.8) is 0 Å². The van der Waals surface area contributed by atoms with Gasteiger partial charge in [-0.05, 0) is 5.92 Å². The fraction of sp³-hybridized carbons (Fsp3) is 1.00. The molecule has 0 aromatic heterocycles. The molecule has 0 fully saturated rings. The molecule has 0 spiro atoms. The third kappa shape index (κ3) is 8.99. The molecule has 0 unspecified atom stereocenters.